The summed E-state index contributed by atoms with van der Waals surface area (Å²) in [6, 6.07) is -3.02. The molecule has 0 aliphatic rings. The SMILES string of the molecule is O=C(F)[C@@](F)(Cl)C(F)(F)Cl. The van der Waals surface area contributed by atoms with Crippen LogP contribution >= 0.6 is 23.2 Å². The first kappa shape index (κ1) is 9.97. The maximum absolute atomic E-state index is 11.9. The molecule has 0 N–H and O–H groups in total. The van der Waals surface area contributed by atoms with E-state index in [1.165, 1.54) is 0 Å². The maximum Gasteiger partial charge on any atom is 0.379 e. The molecule has 10 heavy (non-hydrogen) atoms. The van der Waals surface area contributed by atoms with Gasteiger partial charge in [-0.25, -0.2) is 4.39 Å². The third kappa shape index (κ3) is 1.73. The molecule has 0 unspecified atom stereocenters. The summed E-state index contributed by atoms with van der Waals surface area (Å²) in [6.07, 6.45) is 0. The van der Waals surface area contributed by atoms with E-state index >= 15 is 0 Å². The fourth-order valence-electron chi connectivity index (χ4n) is 0.111. The third-order valence-electron chi connectivity index (χ3n) is 0.603. The molecule has 60 valence electrons. The molecule has 0 bridgehead atoms. The van der Waals surface area contributed by atoms with Gasteiger partial charge in [0.15, 0.2) is 0 Å². The van der Waals surface area contributed by atoms with E-state index in [-0.39, 0.29) is 0 Å². The smallest absolute Gasteiger partial charge is 0.256 e. The van der Waals surface area contributed by atoms with Crippen molar-refractivity contribution in [2.75, 3.05) is 0 Å². The van der Waals surface area contributed by atoms with E-state index in [9.17, 15) is 22.4 Å². The van der Waals surface area contributed by atoms with E-state index in [0.717, 1.165) is 0 Å². The summed E-state index contributed by atoms with van der Waals surface area (Å²) in [5, 5.41) is -9.20. The average molecular weight is 199 g/mol. The van der Waals surface area contributed by atoms with E-state index in [1.807, 2.05) is 0 Å². The number of hydrogen-bond donors (Lipinski definition) is 0. The Bertz CT molecular complexity index is 151. The zero-order chi connectivity index (χ0) is 8.58. The van der Waals surface area contributed by atoms with Crippen LogP contribution in [0.4, 0.5) is 17.6 Å². The molecule has 7 heteroatoms. The topological polar surface area (TPSA) is 17.1 Å². The quantitative estimate of drug-likeness (QED) is 0.378. The van der Waals surface area contributed by atoms with E-state index in [0.29, 0.717) is 0 Å². The van der Waals surface area contributed by atoms with Crippen molar-refractivity contribution in [1.82, 2.24) is 0 Å². The lowest BCUT2D eigenvalue weighted by molar-refractivity contribution is -0.147. The fourth-order valence-corrected chi connectivity index (χ4v) is 0.186. The molecule has 1 atom stereocenters. The highest BCUT2D eigenvalue weighted by Crippen LogP contribution is 2.40. The van der Waals surface area contributed by atoms with Crippen LogP contribution in [-0.2, 0) is 4.79 Å². The molecule has 0 saturated heterocycles. The van der Waals surface area contributed by atoms with Crippen molar-refractivity contribution in [2.45, 2.75) is 10.5 Å². The van der Waals surface area contributed by atoms with E-state index in [2.05, 4.69) is 23.2 Å². The lowest BCUT2D eigenvalue weighted by atomic mass is 10.4. The van der Waals surface area contributed by atoms with Crippen molar-refractivity contribution in [2.24, 2.45) is 0 Å². The lowest BCUT2D eigenvalue weighted by Crippen LogP contribution is -2.40. The molecule has 0 aliphatic carbocycles. The number of carbonyl (C=O) groups is 1. The fraction of sp³-hybridized carbons (Fsp3) is 0.667. The first-order chi connectivity index (χ1) is 4.19. The van der Waals surface area contributed by atoms with Crippen LogP contribution in [0.1, 0.15) is 0 Å². The Morgan fingerprint density at radius 2 is 1.50 bits per heavy atom. The summed E-state index contributed by atoms with van der Waals surface area (Å²) in [5.74, 6) is 0. The highest BCUT2D eigenvalue weighted by atomic mass is 35.5. The van der Waals surface area contributed by atoms with Crippen molar-refractivity contribution < 1.29 is 22.4 Å². The zero-order valence-electron chi connectivity index (χ0n) is 4.18. The van der Waals surface area contributed by atoms with Crippen LogP contribution in [0.2, 0.25) is 0 Å². The molecule has 1 nitrogen and oxygen atoms in total. The van der Waals surface area contributed by atoms with Crippen molar-refractivity contribution in [1.29, 1.82) is 0 Å². The molecule has 0 rings (SSSR count). The van der Waals surface area contributed by atoms with E-state index in [1.54, 1.807) is 0 Å². The molecule has 0 aromatic rings. The van der Waals surface area contributed by atoms with E-state index in [4.69, 9.17) is 0 Å². The number of halogens is 6. The average Bonchev–Trinajstić information content (AvgIpc) is 1.62. The van der Waals surface area contributed by atoms with Gasteiger partial charge in [0.05, 0.1) is 0 Å². The van der Waals surface area contributed by atoms with Gasteiger partial charge in [-0.2, -0.15) is 13.2 Å². The highest BCUT2D eigenvalue weighted by molar-refractivity contribution is 6.39. The Morgan fingerprint density at radius 1 is 1.20 bits per heavy atom. The van der Waals surface area contributed by atoms with Gasteiger partial charge in [-0.05, 0) is 11.6 Å². The van der Waals surface area contributed by atoms with Crippen LogP contribution in [0.3, 0.4) is 0 Å². The molecule has 0 radical (unpaired) electrons. The van der Waals surface area contributed by atoms with Crippen LogP contribution in [0.25, 0.3) is 0 Å². The number of hydrogen-bond acceptors (Lipinski definition) is 1. The summed E-state index contributed by atoms with van der Waals surface area (Å²) >= 11 is 7.99. The number of carbonyl (C=O) groups excluding carboxylic acids is 1. The second-order valence-corrected chi connectivity index (χ2v) is 2.34. The second kappa shape index (κ2) is 2.54. The Kier molecular flexibility index (Phi) is 2.53. The van der Waals surface area contributed by atoms with Crippen molar-refractivity contribution in [3.63, 3.8) is 0 Å². The van der Waals surface area contributed by atoms with Gasteiger partial charge in [0.25, 0.3) is 0 Å². The van der Waals surface area contributed by atoms with Gasteiger partial charge >= 0.3 is 16.5 Å². The number of alkyl halides is 5. The predicted octanol–water partition coefficient (Wildman–Crippen LogP) is 2.22. The van der Waals surface area contributed by atoms with Crippen molar-refractivity contribution in [3.8, 4) is 0 Å². The number of rotatable bonds is 2. The minimum atomic E-state index is -4.74. The van der Waals surface area contributed by atoms with Crippen LogP contribution in [0.5, 0.6) is 0 Å². The molecule has 0 aliphatic heterocycles. The summed E-state index contributed by atoms with van der Waals surface area (Å²) in [6.45, 7) is 0. The van der Waals surface area contributed by atoms with Gasteiger partial charge < -0.3 is 0 Å². The molecule has 0 aromatic heterocycles. The predicted molar refractivity (Wildman–Crippen MR) is 26.6 cm³/mol. The standard InChI is InChI=1S/C3Cl2F4O/c4-2(7,1(6)10)3(5,8)9/t2-/m0/s1. The van der Waals surface area contributed by atoms with Gasteiger partial charge in [0, 0.05) is 0 Å². The molecular weight excluding hydrogens is 199 g/mol. The Labute approximate surface area is 62.9 Å². The molecule has 0 spiro atoms. The minimum Gasteiger partial charge on any atom is -0.256 e. The normalized spacial score (nSPS) is 18.2. The van der Waals surface area contributed by atoms with Crippen LogP contribution in [-0.4, -0.2) is 16.5 Å². The van der Waals surface area contributed by atoms with Gasteiger partial charge in [-0.15, -0.1) is 0 Å². The monoisotopic (exact) mass is 198 g/mol. The Balaban J connectivity index is 4.57. The maximum atomic E-state index is 11.9. The van der Waals surface area contributed by atoms with Crippen LogP contribution in [0, 0.1) is 0 Å². The Hall–Kier alpha value is -0.0300. The van der Waals surface area contributed by atoms with Gasteiger partial charge in [0.1, 0.15) is 0 Å². The van der Waals surface area contributed by atoms with Crippen LogP contribution in [0.15, 0.2) is 0 Å². The van der Waals surface area contributed by atoms with Crippen molar-refractivity contribution >= 4 is 29.2 Å². The molecule has 0 heterocycles. The lowest BCUT2D eigenvalue weighted by Gasteiger charge is -2.16. The van der Waals surface area contributed by atoms with Crippen LogP contribution < -0.4 is 0 Å². The van der Waals surface area contributed by atoms with Crippen molar-refractivity contribution in [3.05, 3.63) is 0 Å². The summed E-state index contributed by atoms with van der Waals surface area (Å²) < 4.78 is 46.2. The summed E-state index contributed by atoms with van der Waals surface area (Å²) in [5.41, 5.74) is 0. The molecule has 0 aromatic carbocycles. The Morgan fingerprint density at radius 3 is 1.50 bits per heavy atom. The first-order valence-electron chi connectivity index (χ1n) is 1.84. The third-order valence-corrected chi connectivity index (χ3v) is 1.35. The molecule has 0 saturated carbocycles. The minimum absolute atomic E-state index is 3.02. The highest BCUT2D eigenvalue weighted by Gasteiger charge is 2.59. The summed E-state index contributed by atoms with van der Waals surface area (Å²) in [4.78, 5) is 9.37. The van der Waals surface area contributed by atoms with E-state index < -0.39 is 16.5 Å². The second-order valence-electron chi connectivity index (χ2n) is 1.35. The summed E-state index contributed by atoms with van der Waals surface area (Å²) in [7, 11) is 0. The first-order valence-corrected chi connectivity index (χ1v) is 2.59. The molecular formula is C3Cl2F4O. The zero-order valence-corrected chi connectivity index (χ0v) is 5.69. The van der Waals surface area contributed by atoms with Gasteiger partial charge in [-0.3, -0.25) is 4.79 Å². The van der Waals surface area contributed by atoms with Gasteiger partial charge in [-0.1, -0.05) is 11.6 Å². The molecule has 0 fully saturated rings. The largest absolute Gasteiger partial charge is 0.379 e. The molecule has 0 amide bonds. The van der Waals surface area contributed by atoms with Gasteiger partial charge in [0.2, 0.25) is 0 Å².